The number of nitrogens with zero attached hydrogens (tertiary/aromatic N) is 2. The van der Waals surface area contributed by atoms with Crippen molar-refractivity contribution in [3.8, 4) is 17.2 Å². The molecule has 1 atom stereocenters. The average Bonchev–Trinajstić information content (AvgIpc) is 3.18. The lowest BCUT2D eigenvalue weighted by Gasteiger charge is -2.34. The molecule has 1 N–H and O–H groups in total. The summed E-state index contributed by atoms with van der Waals surface area (Å²) in [4.78, 5) is 18.4. The number of carboxylic acid groups (broad SMARTS) is 1. The van der Waals surface area contributed by atoms with Gasteiger partial charge in [-0.05, 0) is 61.7 Å². The lowest BCUT2D eigenvalue weighted by atomic mass is 9.93. The topological polar surface area (TPSA) is 75.8 Å². The van der Waals surface area contributed by atoms with Gasteiger partial charge in [0.05, 0.1) is 12.3 Å². The zero-order valence-corrected chi connectivity index (χ0v) is 18.7. The van der Waals surface area contributed by atoms with E-state index in [0.717, 1.165) is 53.3 Å². The Labute approximate surface area is 188 Å². The third-order valence-corrected chi connectivity index (χ3v) is 6.01. The second-order valence-electron chi connectivity index (χ2n) is 8.30. The average molecular weight is 435 g/mol. The van der Waals surface area contributed by atoms with Crippen LogP contribution in [0.25, 0.3) is 11.5 Å². The number of rotatable bonds is 9. The van der Waals surface area contributed by atoms with Crippen molar-refractivity contribution in [3.63, 3.8) is 0 Å². The van der Waals surface area contributed by atoms with Crippen LogP contribution in [0.4, 0.5) is 0 Å². The lowest BCUT2D eigenvalue weighted by molar-refractivity contribution is -0.144. The fourth-order valence-corrected chi connectivity index (χ4v) is 4.17. The molecule has 2 aromatic carbocycles. The van der Waals surface area contributed by atoms with Crippen LogP contribution >= 0.6 is 0 Å². The van der Waals surface area contributed by atoms with Gasteiger partial charge in [0, 0.05) is 18.5 Å². The molecule has 0 fully saturated rings. The van der Waals surface area contributed by atoms with E-state index in [1.54, 1.807) is 0 Å². The maximum absolute atomic E-state index is 11.7. The van der Waals surface area contributed by atoms with Crippen LogP contribution in [0, 0.1) is 6.92 Å². The minimum atomic E-state index is -0.745. The number of hydrogen-bond acceptors (Lipinski definition) is 5. The molecule has 0 bridgehead atoms. The van der Waals surface area contributed by atoms with Crippen molar-refractivity contribution in [2.24, 2.45) is 0 Å². The number of hydrogen-bond donors (Lipinski definition) is 1. The Hall–Kier alpha value is -3.12. The summed E-state index contributed by atoms with van der Waals surface area (Å²) in [7, 11) is 0. The number of oxazole rings is 1. The van der Waals surface area contributed by atoms with Gasteiger partial charge in [-0.15, -0.1) is 0 Å². The van der Waals surface area contributed by atoms with Crippen molar-refractivity contribution in [2.75, 3.05) is 13.2 Å². The molecule has 4 rings (SSSR count). The van der Waals surface area contributed by atoms with Gasteiger partial charge in [-0.25, -0.2) is 4.98 Å². The Morgan fingerprint density at radius 3 is 2.78 bits per heavy atom. The molecule has 1 aliphatic rings. The van der Waals surface area contributed by atoms with Gasteiger partial charge in [-0.1, -0.05) is 37.6 Å². The van der Waals surface area contributed by atoms with E-state index in [9.17, 15) is 9.90 Å². The fourth-order valence-electron chi connectivity index (χ4n) is 4.17. The molecule has 0 radical (unpaired) electrons. The van der Waals surface area contributed by atoms with E-state index < -0.39 is 12.0 Å². The molecule has 1 aromatic heterocycles. The van der Waals surface area contributed by atoms with E-state index in [1.165, 1.54) is 0 Å². The van der Waals surface area contributed by atoms with Gasteiger partial charge in [0.25, 0.3) is 0 Å². The second-order valence-corrected chi connectivity index (χ2v) is 8.30. The SMILES string of the molecule is CCCCN1Cc2cc(OCCc3nc(-c4ccccc4)oc3C)ccc2C[C@H]1C(=O)O. The Morgan fingerprint density at radius 2 is 2.03 bits per heavy atom. The first kappa shape index (κ1) is 22.1. The molecule has 0 spiro atoms. The van der Waals surface area contributed by atoms with Gasteiger partial charge in [0.2, 0.25) is 5.89 Å². The van der Waals surface area contributed by atoms with Crippen LogP contribution in [0.2, 0.25) is 0 Å². The third kappa shape index (κ3) is 5.02. The Bertz CT molecular complexity index is 1060. The standard InChI is InChI=1S/C26H30N2O4/c1-3-4-13-28-17-21-15-22(11-10-20(21)16-24(28)26(29)30)31-14-12-23-18(2)32-25(27-23)19-8-6-5-7-9-19/h5-11,15,24H,3-4,12-14,16-17H2,1-2H3,(H,29,30)/t24-/m0/s1. The molecule has 0 saturated heterocycles. The molecule has 1 aliphatic heterocycles. The second kappa shape index (κ2) is 10.0. The zero-order chi connectivity index (χ0) is 22.5. The Balaban J connectivity index is 1.39. The molecular weight excluding hydrogens is 404 g/mol. The molecule has 6 nitrogen and oxygen atoms in total. The van der Waals surface area contributed by atoms with Crippen molar-refractivity contribution in [3.05, 3.63) is 71.1 Å². The van der Waals surface area contributed by atoms with Crippen LogP contribution in [-0.2, 0) is 24.2 Å². The van der Waals surface area contributed by atoms with E-state index in [2.05, 4.69) is 22.9 Å². The number of carbonyl (C=O) groups is 1. The van der Waals surface area contributed by atoms with Gasteiger partial charge < -0.3 is 14.3 Å². The first-order valence-electron chi connectivity index (χ1n) is 11.3. The first-order chi connectivity index (χ1) is 15.5. The van der Waals surface area contributed by atoms with Crippen molar-refractivity contribution in [2.45, 2.75) is 52.1 Å². The molecule has 0 saturated carbocycles. The molecule has 3 aromatic rings. The molecule has 0 unspecified atom stereocenters. The number of carboxylic acids is 1. The summed E-state index contributed by atoms with van der Waals surface area (Å²) in [6, 6.07) is 15.4. The summed E-state index contributed by atoms with van der Waals surface area (Å²) in [5, 5.41) is 9.63. The number of benzene rings is 2. The van der Waals surface area contributed by atoms with Crippen LogP contribution in [-0.4, -0.2) is 40.2 Å². The largest absolute Gasteiger partial charge is 0.493 e. The van der Waals surface area contributed by atoms with E-state index in [-0.39, 0.29) is 0 Å². The highest BCUT2D eigenvalue weighted by Crippen LogP contribution is 2.28. The summed E-state index contributed by atoms with van der Waals surface area (Å²) >= 11 is 0. The predicted octanol–water partition coefficient (Wildman–Crippen LogP) is 4.88. The number of fused-ring (bicyclic) bond motifs is 1. The van der Waals surface area contributed by atoms with E-state index >= 15 is 0 Å². The normalized spacial score (nSPS) is 16.0. The number of aromatic nitrogens is 1. The Kier molecular flexibility index (Phi) is 6.90. The maximum atomic E-state index is 11.7. The third-order valence-electron chi connectivity index (χ3n) is 6.01. The molecule has 32 heavy (non-hydrogen) atoms. The number of aliphatic carboxylic acids is 1. The van der Waals surface area contributed by atoms with Gasteiger partial charge in [-0.3, -0.25) is 9.69 Å². The van der Waals surface area contributed by atoms with Crippen LogP contribution in [0.1, 0.15) is 42.3 Å². The van der Waals surface area contributed by atoms with Crippen LogP contribution in [0.3, 0.4) is 0 Å². The summed E-state index contributed by atoms with van der Waals surface area (Å²) in [6.45, 7) is 5.99. The predicted molar refractivity (Wildman–Crippen MR) is 123 cm³/mol. The smallest absolute Gasteiger partial charge is 0.321 e. The highest BCUT2D eigenvalue weighted by Gasteiger charge is 2.31. The number of unbranched alkanes of at least 4 members (excludes halogenated alkanes) is 1. The van der Waals surface area contributed by atoms with E-state index in [4.69, 9.17) is 9.15 Å². The summed E-state index contributed by atoms with van der Waals surface area (Å²) in [5.74, 6) is 1.50. The minimum Gasteiger partial charge on any atom is -0.493 e. The number of aryl methyl sites for hydroxylation is 1. The van der Waals surface area contributed by atoms with Gasteiger partial charge >= 0.3 is 5.97 Å². The van der Waals surface area contributed by atoms with E-state index in [0.29, 0.717) is 31.9 Å². The van der Waals surface area contributed by atoms with Crippen molar-refractivity contribution >= 4 is 5.97 Å². The van der Waals surface area contributed by atoms with Gasteiger partial charge in [-0.2, -0.15) is 0 Å². The van der Waals surface area contributed by atoms with Crippen LogP contribution < -0.4 is 4.74 Å². The quantitative estimate of drug-likeness (QED) is 0.517. The molecule has 168 valence electrons. The highest BCUT2D eigenvalue weighted by molar-refractivity contribution is 5.74. The Morgan fingerprint density at radius 1 is 1.22 bits per heavy atom. The van der Waals surface area contributed by atoms with Gasteiger partial charge in [0.15, 0.2) is 0 Å². The monoisotopic (exact) mass is 434 g/mol. The molecule has 0 amide bonds. The van der Waals surface area contributed by atoms with Crippen molar-refractivity contribution in [1.29, 1.82) is 0 Å². The van der Waals surface area contributed by atoms with Crippen molar-refractivity contribution in [1.82, 2.24) is 9.88 Å². The van der Waals surface area contributed by atoms with E-state index in [1.807, 2.05) is 49.4 Å². The zero-order valence-electron chi connectivity index (χ0n) is 18.7. The molecule has 2 heterocycles. The maximum Gasteiger partial charge on any atom is 0.321 e. The highest BCUT2D eigenvalue weighted by atomic mass is 16.5. The molecule has 6 heteroatoms. The van der Waals surface area contributed by atoms with Crippen molar-refractivity contribution < 1.29 is 19.1 Å². The lowest BCUT2D eigenvalue weighted by Crippen LogP contribution is -2.45. The number of ether oxygens (including phenoxy) is 1. The summed E-state index contributed by atoms with van der Waals surface area (Å²) in [6.07, 6.45) is 3.24. The fraction of sp³-hybridized carbons (Fsp3) is 0.385. The first-order valence-corrected chi connectivity index (χ1v) is 11.3. The molecule has 0 aliphatic carbocycles. The van der Waals surface area contributed by atoms with Crippen LogP contribution in [0.5, 0.6) is 5.75 Å². The van der Waals surface area contributed by atoms with Crippen LogP contribution in [0.15, 0.2) is 52.9 Å². The van der Waals surface area contributed by atoms with Gasteiger partial charge in [0.1, 0.15) is 17.6 Å². The summed E-state index contributed by atoms with van der Waals surface area (Å²) < 4.78 is 11.9. The minimum absolute atomic E-state index is 0.449. The summed E-state index contributed by atoms with van der Waals surface area (Å²) in [5.41, 5.74) is 4.11. The molecular formula is C26H30N2O4.